The predicted molar refractivity (Wildman–Crippen MR) is 78.2 cm³/mol. The minimum atomic E-state index is -4.59. The maximum atomic E-state index is 13.2. The van der Waals surface area contributed by atoms with Gasteiger partial charge in [0, 0.05) is 5.02 Å². The Morgan fingerprint density at radius 3 is 1.95 bits per heavy atom. The molecule has 0 heterocycles. The van der Waals surface area contributed by atoms with Crippen molar-refractivity contribution in [2.24, 2.45) is 0 Å². The summed E-state index contributed by atoms with van der Waals surface area (Å²) in [4.78, 5) is 0. The van der Waals surface area contributed by atoms with Crippen molar-refractivity contribution in [3.05, 3.63) is 58.6 Å². The van der Waals surface area contributed by atoms with E-state index in [-0.39, 0.29) is 11.3 Å². The lowest BCUT2D eigenvalue weighted by Crippen LogP contribution is -2.22. The SMILES string of the molecule is CC(C)(O)c1ccc(Oc2ccc(Cl)cc2)cc1C(F)(F)F. The first kappa shape index (κ1) is 16.6. The average molecular weight is 331 g/mol. The Hall–Kier alpha value is -1.72. The highest BCUT2D eigenvalue weighted by molar-refractivity contribution is 6.30. The molecule has 0 bridgehead atoms. The van der Waals surface area contributed by atoms with Gasteiger partial charge in [-0.05, 0) is 55.8 Å². The van der Waals surface area contributed by atoms with Crippen molar-refractivity contribution in [2.45, 2.75) is 25.6 Å². The summed E-state index contributed by atoms with van der Waals surface area (Å²) >= 11 is 5.74. The van der Waals surface area contributed by atoms with Gasteiger partial charge >= 0.3 is 6.18 Å². The fourth-order valence-corrected chi connectivity index (χ4v) is 2.12. The average Bonchev–Trinajstić information content (AvgIpc) is 2.39. The van der Waals surface area contributed by atoms with Crippen molar-refractivity contribution >= 4 is 11.6 Å². The first-order valence-electron chi connectivity index (χ1n) is 6.45. The molecule has 0 aliphatic rings. The van der Waals surface area contributed by atoms with Crippen LogP contribution in [0.25, 0.3) is 0 Å². The summed E-state index contributed by atoms with van der Waals surface area (Å²) in [7, 11) is 0. The minimum absolute atomic E-state index is 0.0302. The quantitative estimate of drug-likeness (QED) is 0.818. The van der Waals surface area contributed by atoms with Crippen LogP contribution in [0.1, 0.15) is 25.0 Å². The summed E-state index contributed by atoms with van der Waals surface area (Å²) < 4.78 is 44.9. The van der Waals surface area contributed by atoms with Crippen LogP contribution in [0, 0.1) is 0 Å². The predicted octanol–water partition coefficient (Wildman–Crippen LogP) is 5.38. The van der Waals surface area contributed by atoms with Gasteiger partial charge in [-0.2, -0.15) is 13.2 Å². The van der Waals surface area contributed by atoms with Crippen molar-refractivity contribution in [3.63, 3.8) is 0 Å². The number of hydrogen-bond acceptors (Lipinski definition) is 2. The third kappa shape index (κ3) is 3.93. The lowest BCUT2D eigenvalue weighted by Gasteiger charge is -2.23. The molecule has 2 aromatic carbocycles. The normalized spacial score (nSPS) is 12.3. The zero-order valence-electron chi connectivity index (χ0n) is 11.9. The fourth-order valence-electron chi connectivity index (χ4n) is 1.99. The number of hydrogen-bond donors (Lipinski definition) is 1. The van der Waals surface area contributed by atoms with Crippen LogP contribution in [0.5, 0.6) is 11.5 Å². The molecule has 0 aliphatic carbocycles. The molecule has 0 fully saturated rings. The zero-order valence-corrected chi connectivity index (χ0v) is 12.7. The Kier molecular flexibility index (Phi) is 4.40. The van der Waals surface area contributed by atoms with Crippen LogP contribution in [0.2, 0.25) is 5.02 Å². The second kappa shape index (κ2) is 5.82. The van der Waals surface area contributed by atoms with Crippen molar-refractivity contribution in [3.8, 4) is 11.5 Å². The fraction of sp³-hybridized carbons (Fsp3) is 0.250. The lowest BCUT2D eigenvalue weighted by atomic mass is 9.92. The van der Waals surface area contributed by atoms with Crippen molar-refractivity contribution < 1.29 is 23.0 Å². The number of ether oxygens (including phenoxy) is 1. The number of benzene rings is 2. The number of halogens is 4. The lowest BCUT2D eigenvalue weighted by molar-refractivity contribution is -0.140. The Bertz CT molecular complexity index is 659. The van der Waals surface area contributed by atoms with Gasteiger partial charge in [0.2, 0.25) is 0 Å². The Labute approximate surface area is 131 Å². The van der Waals surface area contributed by atoms with E-state index in [4.69, 9.17) is 16.3 Å². The van der Waals surface area contributed by atoms with Crippen molar-refractivity contribution in [2.75, 3.05) is 0 Å². The Morgan fingerprint density at radius 2 is 1.45 bits per heavy atom. The molecule has 0 spiro atoms. The van der Waals surface area contributed by atoms with Crippen LogP contribution in [0.15, 0.2) is 42.5 Å². The Morgan fingerprint density at radius 1 is 0.909 bits per heavy atom. The number of aliphatic hydroxyl groups is 1. The van der Waals surface area contributed by atoms with Gasteiger partial charge in [0.15, 0.2) is 0 Å². The van der Waals surface area contributed by atoms with E-state index in [0.29, 0.717) is 10.8 Å². The van der Waals surface area contributed by atoms with Crippen LogP contribution in [-0.4, -0.2) is 5.11 Å². The summed E-state index contributed by atoms with van der Waals surface area (Å²) in [5.74, 6) is 0.399. The van der Waals surface area contributed by atoms with Crippen LogP contribution in [0.4, 0.5) is 13.2 Å². The summed E-state index contributed by atoms with van der Waals surface area (Å²) in [6, 6.07) is 9.74. The van der Waals surface area contributed by atoms with Crippen LogP contribution in [0.3, 0.4) is 0 Å². The maximum absolute atomic E-state index is 13.2. The molecule has 0 saturated heterocycles. The van der Waals surface area contributed by atoms with Crippen LogP contribution >= 0.6 is 11.6 Å². The van der Waals surface area contributed by atoms with Gasteiger partial charge in [0.05, 0.1) is 11.2 Å². The van der Waals surface area contributed by atoms with Gasteiger partial charge in [-0.25, -0.2) is 0 Å². The van der Waals surface area contributed by atoms with Crippen molar-refractivity contribution in [1.82, 2.24) is 0 Å². The molecule has 1 N–H and O–H groups in total. The second-order valence-electron chi connectivity index (χ2n) is 5.32. The van der Waals surface area contributed by atoms with E-state index in [1.165, 1.54) is 26.0 Å². The Balaban J connectivity index is 2.41. The maximum Gasteiger partial charge on any atom is 0.416 e. The molecule has 0 aromatic heterocycles. The summed E-state index contributed by atoms with van der Waals surface area (Å²) in [6.45, 7) is 2.61. The molecule has 22 heavy (non-hydrogen) atoms. The summed E-state index contributed by atoms with van der Waals surface area (Å²) in [6.07, 6.45) is -4.59. The van der Waals surface area contributed by atoms with E-state index in [1.54, 1.807) is 24.3 Å². The molecule has 2 nitrogen and oxygen atoms in total. The molecule has 0 amide bonds. The van der Waals surface area contributed by atoms with E-state index in [9.17, 15) is 18.3 Å². The molecule has 6 heteroatoms. The van der Waals surface area contributed by atoms with Gasteiger partial charge in [-0.1, -0.05) is 17.7 Å². The molecule has 0 aliphatic heterocycles. The molecule has 118 valence electrons. The largest absolute Gasteiger partial charge is 0.457 e. The van der Waals surface area contributed by atoms with E-state index in [1.807, 2.05) is 0 Å². The van der Waals surface area contributed by atoms with E-state index in [0.717, 1.165) is 6.07 Å². The smallest absolute Gasteiger partial charge is 0.416 e. The molecule has 0 unspecified atom stereocenters. The van der Waals surface area contributed by atoms with Gasteiger partial charge in [0.25, 0.3) is 0 Å². The van der Waals surface area contributed by atoms with Crippen molar-refractivity contribution in [1.29, 1.82) is 0 Å². The molecule has 2 aromatic rings. The molecule has 0 saturated carbocycles. The van der Waals surface area contributed by atoms with E-state index < -0.39 is 17.3 Å². The van der Waals surface area contributed by atoms with Crippen LogP contribution < -0.4 is 4.74 Å². The first-order chi connectivity index (χ1) is 10.1. The molecular weight excluding hydrogens is 317 g/mol. The molecular formula is C16H14ClF3O2. The van der Waals surface area contributed by atoms with Crippen LogP contribution in [-0.2, 0) is 11.8 Å². The minimum Gasteiger partial charge on any atom is -0.457 e. The highest BCUT2D eigenvalue weighted by Gasteiger charge is 2.37. The third-order valence-electron chi connectivity index (χ3n) is 3.00. The summed E-state index contributed by atoms with van der Waals surface area (Å²) in [5, 5.41) is 10.4. The van der Waals surface area contributed by atoms with E-state index >= 15 is 0 Å². The molecule has 2 rings (SSSR count). The highest BCUT2D eigenvalue weighted by atomic mass is 35.5. The first-order valence-corrected chi connectivity index (χ1v) is 6.83. The van der Waals surface area contributed by atoms with Gasteiger partial charge in [-0.3, -0.25) is 0 Å². The monoisotopic (exact) mass is 330 g/mol. The van der Waals surface area contributed by atoms with E-state index in [2.05, 4.69) is 0 Å². The van der Waals surface area contributed by atoms with Gasteiger partial charge in [-0.15, -0.1) is 0 Å². The van der Waals surface area contributed by atoms with Gasteiger partial charge in [0.1, 0.15) is 11.5 Å². The molecule has 0 atom stereocenters. The number of alkyl halides is 3. The second-order valence-corrected chi connectivity index (χ2v) is 5.76. The topological polar surface area (TPSA) is 29.5 Å². The summed E-state index contributed by atoms with van der Waals surface area (Å²) in [5.41, 5.74) is -2.74. The highest BCUT2D eigenvalue weighted by Crippen LogP contribution is 2.39. The molecule has 0 radical (unpaired) electrons. The third-order valence-corrected chi connectivity index (χ3v) is 3.26. The zero-order chi connectivity index (χ0) is 16.5. The van der Waals surface area contributed by atoms with Gasteiger partial charge < -0.3 is 9.84 Å². The standard InChI is InChI=1S/C16H14ClF3O2/c1-15(2,21)13-8-7-12(9-14(13)16(18,19)20)22-11-5-3-10(17)4-6-11/h3-9,21H,1-2H3. The number of rotatable bonds is 3.